The quantitative estimate of drug-likeness (QED) is 0.721. The van der Waals surface area contributed by atoms with E-state index in [0.717, 1.165) is 0 Å². The molecule has 0 fully saturated rings. The van der Waals surface area contributed by atoms with Crippen LogP contribution in [-0.4, -0.2) is 15.3 Å². The second-order valence-corrected chi connectivity index (χ2v) is 3.60. The van der Waals surface area contributed by atoms with Gasteiger partial charge in [0, 0.05) is 6.07 Å². The molecule has 0 radical (unpaired) electrons. The summed E-state index contributed by atoms with van der Waals surface area (Å²) in [5.41, 5.74) is 1.18. The molecule has 2 rings (SSSR count). The number of hydrogen-bond acceptors (Lipinski definition) is 3. The van der Waals surface area contributed by atoms with Crippen molar-refractivity contribution in [3.63, 3.8) is 0 Å². The number of rotatable bonds is 2. The minimum absolute atomic E-state index is 0.0648. The van der Waals surface area contributed by atoms with Crippen LogP contribution >= 0.6 is 0 Å². The van der Waals surface area contributed by atoms with E-state index in [1.807, 2.05) is 18.2 Å². The highest BCUT2D eigenvalue weighted by molar-refractivity contribution is 5.40. The number of benzene rings is 2. The number of aromatic hydroxyl groups is 2. The molecule has 0 saturated heterocycles. The molecule has 2 aromatic carbocycles. The van der Waals surface area contributed by atoms with Crippen LogP contribution in [0.3, 0.4) is 0 Å². The molecule has 0 bridgehead atoms. The first-order valence-electron chi connectivity index (χ1n) is 4.93. The highest BCUT2D eigenvalue weighted by atomic mass is 16.3. The monoisotopic (exact) mass is 216 g/mol. The fourth-order valence-electron chi connectivity index (χ4n) is 1.60. The SMILES string of the molecule is Oc1cc(O)cc(C(O)c2ccccc2)c1. The van der Waals surface area contributed by atoms with Gasteiger partial charge < -0.3 is 15.3 Å². The second-order valence-electron chi connectivity index (χ2n) is 3.60. The van der Waals surface area contributed by atoms with Crippen LogP contribution in [0.5, 0.6) is 11.5 Å². The van der Waals surface area contributed by atoms with Gasteiger partial charge in [-0.15, -0.1) is 0 Å². The van der Waals surface area contributed by atoms with Gasteiger partial charge in [0.25, 0.3) is 0 Å². The Bertz CT molecular complexity index is 460. The van der Waals surface area contributed by atoms with Crippen LogP contribution in [0.15, 0.2) is 48.5 Å². The lowest BCUT2D eigenvalue weighted by molar-refractivity contribution is 0.219. The lowest BCUT2D eigenvalue weighted by atomic mass is 10.0. The van der Waals surface area contributed by atoms with E-state index in [9.17, 15) is 15.3 Å². The Morgan fingerprint density at radius 3 is 1.88 bits per heavy atom. The van der Waals surface area contributed by atoms with Crippen molar-refractivity contribution in [3.8, 4) is 11.5 Å². The van der Waals surface area contributed by atoms with E-state index in [-0.39, 0.29) is 11.5 Å². The molecule has 0 spiro atoms. The first-order valence-corrected chi connectivity index (χ1v) is 4.93. The minimum Gasteiger partial charge on any atom is -0.508 e. The zero-order valence-electron chi connectivity index (χ0n) is 8.54. The molecule has 2 aromatic rings. The Labute approximate surface area is 93.2 Å². The molecule has 3 N–H and O–H groups in total. The van der Waals surface area contributed by atoms with Crippen molar-refractivity contribution >= 4 is 0 Å². The fourth-order valence-corrected chi connectivity index (χ4v) is 1.60. The lowest BCUT2D eigenvalue weighted by Crippen LogP contribution is -1.98. The molecule has 0 aromatic heterocycles. The van der Waals surface area contributed by atoms with Gasteiger partial charge in [-0.05, 0) is 23.3 Å². The largest absolute Gasteiger partial charge is 0.508 e. The molecule has 0 amide bonds. The Balaban J connectivity index is 2.37. The van der Waals surface area contributed by atoms with Crippen molar-refractivity contribution in [1.82, 2.24) is 0 Å². The summed E-state index contributed by atoms with van der Waals surface area (Å²) in [6, 6.07) is 13.1. The van der Waals surface area contributed by atoms with Gasteiger partial charge in [-0.25, -0.2) is 0 Å². The molecule has 3 nitrogen and oxygen atoms in total. The second kappa shape index (κ2) is 4.24. The number of hydrogen-bond donors (Lipinski definition) is 3. The highest BCUT2D eigenvalue weighted by Crippen LogP contribution is 2.28. The Kier molecular flexibility index (Phi) is 2.79. The van der Waals surface area contributed by atoms with Crippen molar-refractivity contribution in [2.75, 3.05) is 0 Å². The number of aliphatic hydroxyl groups excluding tert-OH is 1. The van der Waals surface area contributed by atoms with E-state index >= 15 is 0 Å². The van der Waals surface area contributed by atoms with Crippen LogP contribution < -0.4 is 0 Å². The molecule has 3 heteroatoms. The summed E-state index contributed by atoms with van der Waals surface area (Å²) in [7, 11) is 0. The molecular formula is C13H12O3. The summed E-state index contributed by atoms with van der Waals surface area (Å²) < 4.78 is 0. The van der Waals surface area contributed by atoms with Gasteiger partial charge in [0.2, 0.25) is 0 Å². The Morgan fingerprint density at radius 1 is 0.750 bits per heavy atom. The third-order valence-corrected chi connectivity index (χ3v) is 2.36. The molecule has 0 aliphatic rings. The van der Waals surface area contributed by atoms with Gasteiger partial charge in [-0.2, -0.15) is 0 Å². The van der Waals surface area contributed by atoms with Crippen LogP contribution in [0, 0.1) is 0 Å². The van der Waals surface area contributed by atoms with Gasteiger partial charge in [-0.3, -0.25) is 0 Å². The number of phenols is 2. The first-order chi connectivity index (χ1) is 7.66. The van der Waals surface area contributed by atoms with Crippen LogP contribution in [-0.2, 0) is 0 Å². The lowest BCUT2D eigenvalue weighted by Gasteiger charge is -2.12. The third-order valence-electron chi connectivity index (χ3n) is 2.36. The molecule has 0 heterocycles. The molecule has 16 heavy (non-hydrogen) atoms. The number of phenolic OH excluding ortho intramolecular Hbond substituents is 2. The van der Waals surface area contributed by atoms with Crippen molar-refractivity contribution in [2.45, 2.75) is 6.10 Å². The topological polar surface area (TPSA) is 60.7 Å². The summed E-state index contributed by atoms with van der Waals surface area (Å²) in [5.74, 6) is -0.130. The maximum atomic E-state index is 10.0. The van der Waals surface area contributed by atoms with Crippen LogP contribution in [0.1, 0.15) is 17.2 Å². The molecule has 1 unspecified atom stereocenters. The van der Waals surface area contributed by atoms with E-state index in [4.69, 9.17) is 0 Å². The summed E-state index contributed by atoms with van der Waals surface area (Å²) >= 11 is 0. The van der Waals surface area contributed by atoms with Crippen LogP contribution in [0.2, 0.25) is 0 Å². The van der Waals surface area contributed by atoms with Gasteiger partial charge in [0.15, 0.2) is 0 Å². The van der Waals surface area contributed by atoms with E-state index in [1.54, 1.807) is 12.1 Å². The summed E-state index contributed by atoms with van der Waals surface area (Å²) in [6.07, 6.45) is -0.848. The van der Waals surface area contributed by atoms with Crippen LogP contribution in [0.4, 0.5) is 0 Å². The first kappa shape index (κ1) is 10.5. The standard InChI is InChI=1S/C13H12O3/c14-11-6-10(7-12(15)8-11)13(16)9-4-2-1-3-5-9/h1-8,13-16H. The van der Waals surface area contributed by atoms with E-state index < -0.39 is 6.10 Å². The van der Waals surface area contributed by atoms with E-state index in [1.165, 1.54) is 18.2 Å². The van der Waals surface area contributed by atoms with Gasteiger partial charge in [0.05, 0.1) is 0 Å². The van der Waals surface area contributed by atoms with Crippen LogP contribution in [0.25, 0.3) is 0 Å². The van der Waals surface area contributed by atoms with E-state index in [2.05, 4.69) is 0 Å². The van der Waals surface area contributed by atoms with Crippen molar-refractivity contribution in [3.05, 3.63) is 59.7 Å². The van der Waals surface area contributed by atoms with Crippen molar-refractivity contribution in [1.29, 1.82) is 0 Å². The predicted octanol–water partition coefficient (Wildman–Crippen LogP) is 2.18. The molecule has 82 valence electrons. The summed E-state index contributed by atoms with van der Waals surface area (Å²) in [4.78, 5) is 0. The minimum atomic E-state index is -0.848. The average molecular weight is 216 g/mol. The van der Waals surface area contributed by atoms with Gasteiger partial charge in [-0.1, -0.05) is 30.3 Å². The van der Waals surface area contributed by atoms with Crippen molar-refractivity contribution < 1.29 is 15.3 Å². The number of aliphatic hydroxyl groups is 1. The smallest absolute Gasteiger partial charge is 0.119 e. The molecular weight excluding hydrogens is 204 g/mol. The maximum absolute atomic E-state index is 10.0. The van der Waals surface area contributed by atoms with Crippen molar-refractivity contribution in [2.24, 2.45) is 0 Å². The fraction of sp³-hybridized carbons (Fsp3) is 0.0769. The maximum Gasteiger partial charge on any atom is 0.119 e. The highest BCUT2D eigenvalue weighted by Gasteiger charge is 2.11. The molecule has 1 atom stereocenters. The van der Waals surface area contributed by atoms with Gasteiger partial charge >= 0.3 is 0 Å². The normalized spacial score (nSPS) is 12.3. The van der Waals surface area contributed by atoms with Gasteiger partial charge in [0.1, 0.15) is 17.6 Å². The predicted molar refractivity (Wildman–Crippen MR) is 60.3 cm³/mol. The molecule has 0 aliphatic carbocycles. The summed E-state index contributed by atoms with van der Waals surface area (Å²) in [5, 5.41) is 28.7. The summed E-state index contributed by atoms with van der Waals surface area (Å²) in [6.45, 7) is 0. The zero-order chi connectivity index (χ0) is 11.5. The molecule has 0 aliphatic heterocycles. The Hall–Kier alpha value is -2.00. The third kappa shape index (κ3) is 2.15. The zero-order valence-corrected chi connectivity index (χ0v) is 8.54. The average Bonchev–Trinajstić information content (AvgIpc) is 2.28. The van der Waals surface area contributed by atoms with E-state index in [0.29, 0.717) is 11.1 Å². The Morgan fingerprint density at radius 2 is 1.31 bits per heavy atom. The molecule has 0 saturated carbocycles.